The summed E-state index contributed by atoms with van der Waals surface area (Å²) in [6, 6.07) is 10.2. The van der Waals surface area contributed by atoms with Gasteiger partial charge >= 0.3 is 0 Å². The van der Waals surface area contributed by atoms with Crippen LogP contribution in [0.15, 0.2) is 41.3 Å². The maximum absolute atomic E-state index is 14.3. The second kappa shape index (κ2) is 8.56. The van der Waals surface area contributed by atoms with Crippen molar-refractivity contribution < 1.29 is 9.18 Å². The summed E-state index contributed by atoms with van der Waals surface area (Å²) in [5.74, 6) is -1.11. The molecule has 0 bridgehead atoms. The van der Waals surface area contributed by atoms with Gasteiger partial charge in [0.15, 0.2) is 5.13 Å². The molecule has 0 saturated carbocycles. The fourth-order valence-corrected chi connectivity index (χ4v) is 4.34. The van der Waals surface area contributed by atoms with Gasteiger partial charge in [-0.3, -0.25) is 9.69 Å². The quantitative estimate of drug-likeness (QED) is 0.521. The molecule has 2 aromatic carbocycles. The Morgan fingerprint density at radius 3 is 2.70 bits per heavy atom. The number of fused-ring (bicyclic) bond motifs is 1. The summed E-state index contributed by atoms with van der Waals surface area (Å²) in [5, 5.41) is 0.634. The molecule has 0 unspecified atom stereocenters. The zero-order valence-electron chi connectivity index (χ0n) is 15.2. The first kappa shape index (κ1) is 20.1. The number of hydrogen-bond acceptors (Lipinski definition) is 5. The summed E-state index contributed by atoms with van der Waals surface area (Å²) >= 11 is 9.18. The standard InChI is InChI=1S/C19H19ClFN3OS2/c1-23(2)9-10-24(18(25)17-13(20)5-4-6-14(17)21)19-22-15-8-7-12(26-3)11-16(15)27-19/h4-8,11H,9-10H2,1-3H3. The van der Waals surface area contributed by atoms with Crippen molar-refractivity contribution in [1.29, 1.82) is 0 Å². The van der Waals surface area contributed by atoms with Gasteiger partial charge < -0.3 is 4.90 Å². The van der Waals surface area contributed by atoms with Crippen LogP contribution in [0.5, 0.6) is 0 Å². The Morgan fingerprint density at radius 1 is 1.26 bits per heavy atom. The van der Waals surface area contributed by atoms with Crippen molar-refractivity contribution in [2.24, 2.45) is 0 Å². The van der Waals surface area contributed by atoms with E-state index < -0.39 is 11.7 Å². The number of thioether (sulfide) groups is 1. The highest BCUT2D eigenvalue weighted by molar-refractivity contribution is 7.98. The molecule has 3 rings (SSSR count). The van der Waals surface area contributed by atoms with E-state index in [1.165, 1.54) is 34.4 Å². The molecule has 0 aliphatic carbocycles. The van der Waals surface area contributed by atoms with Crippen molar-refractivity contribution in [2.75, 3.05) is 38.3 Å². The number of thiazole rings is 1. The number of halogens is 2. The van der Waals surface area contributed by atoms with Crippen LogP contribution in [0, 0.1) is 5.82 Å². The number of carbonyl (C=O) groups excluding carboxylic acids is 1. The van der Waals surface area contributed by atoms with Gasteiger partial charge in [0.25, 0.3) is 5.91 Å². The van der Waals surface area contributed by atoms with E-state index in [1.54, 1.807) is 11.8 Å². The molecule has 0 aliphatic rings. The van der Waals surface area contributed by atoms with Gasteiger partial charge in [0.2, 0.25) is 0 Å². The van der Waals surface area contributed by atoms with E-state index in [4.69, 9.17) is 11.6 Å². The summed E-state index contributed by atoms with van der Waals surface area (Å²) in [6.07, 6.45) is 2.01. The number of likely N-dealkylation sites (N-methyl/N-ethyl adjacent to an activating group) is 1. The van der Waals surface area contributed by atoms with E-state index in [0.717, 1.165) is 15.1 Å². The molecule has 0 atom stereocenters. The summed E-state index contributed by atoms with van der Waals surface area (Å²) < 4.78 is 15.3. The zero-order chi connectivity index (χ0) is 19.6. The lowest BCUT2D eigenvalue weighted by molar-refractivity contribution is 0.0981. The third kappa shape index (κ3) is 4.43. The number of hydrogen-bond donors (Lipinski definition) is 0. The second-order valence-electron chi connectivity index (χ2n) is 6.19. The lowest BCUT2D eigenvalue weighted by Gasteiger charge is -2.22. The third-order valence-electron chi connectivity index (χ3n) is 4.01. The first-order chi connectivity index (χ1) is 12.9. The van der Waals surface area contributed by atoms with E-state index >= 15 is 0 Å². The van der Waals surface area contributed by atoms with Gasteiger partial charge in [-0.2, -0.15) is 0 Å². The minimum absolute atomic E-state index is 0.0978. The molecule has 8 heteroatoms. The number of amides is 1. The zero-order valence-corrected chi connectivity index (χ0v) is 17.6. The molecule has 3 aromatic rings. The SMILES string of the molecule is CSc1ccc2nc(N(CCN(C)C)C(=O)c3c(F)cccc3Cl)sc2c1. The molecular formula is C19H19ClFN3OS2. The van der Waals surface area contributed by atoms with Crippen molar-refractivity contribution in [3.63, 3.8) is 0 Å². The predicted octanol–water partition coefficient (Wildman–Crippen LogP) is 5.02. The van der Waals surface area contributed by atoms with Gasteiger partial charge in [0, 0.05) is 18.0 Å². The second-order valence-corrected chi connectivity index (χ2v) is 8.48. The third-order valence-corrected chi connectivity index (χ3v) is 6.09. The van der Waals surface area contributed by atoms with Crippen LogP contribution >= 0.6 is 34.7 Å². The van der Waals surface area contributed by atoms with E-state index in [-0.39, 0.29) is 10.6 Å². The Morgan fingerprint density at radius 2 is 2.04 bits per heavy atom. The first-order valence-electron chi connectivity index (χ1n) is 8.26. The smallest absolute Gasteiger partial charge is 0.264 e. The number of nitrogens with zero attached hydrogens (tertiary/aromatic N) is 3. The van der Waals surface area contributed by atoms with Gasteiger partial charge in [-0.15, -0.1) is 11.8 Å². The highest BCUT2D eigenvalue weighted by atomic mass is 35.5. The van der Waals surface area contributed by atoms with Gasteiger partial charge in [0.1, 0.15) is 5.82 Å². The van der Waals surface area contributed by atoms with Gasteiger partial charge in [-0.1, -0.05) is 29.0 Å². The Bertz CT molecular complexity index is 956. The van der Waals surface area contributed by atoms with Crippen LogP contribution in [-0.2, 0) is 0 Å². The highest BCUT2D eigenvalue weighted by Gasteiger charge is 2.26. The summed E-state index contributed by atoms with van der Waals surface area (Å²) in [7, 11) is 3.84. The molecule has 27 heavy (non-hydrogen) atoms. The predicted molar refractivity (Wildman–Crippen MR) is 113 cm³/mol. The maximum Gasteiger partial charge on any atom is 0.264 e. The fraction of sp³-hybridized carbons (Fsp3) is 0.263. The molecule has 0 N–H and O–H groups in total. The summed E-state index contributed by atoms with van der Waals surface area (Å²) in [5.41, 5.74) is 0.692. The van der Waals surface area contributed by atoms with Gasteiger partial charge in [-0.05, 0) is 50.7 Å². The normalized spacial score (nSPS) is 11.3. The van der Waals surface area contributed by atoms with Crippen LogP contribution < -0.4 is 4.90 Å². The van der Waals surface area contributed by atoms with E-state index in [2.05, 4.69) is 4.98 Å². The van der Waals surface area contributed by atoms with Crippen LogP contribution in [0.3, 0.4) is 0 Å². The molecule has 1 amide bonds. The Labute approximate surface area is 170 Å². The largest absolute Gasteiger partial charge is 0.308 e. The fourth-order valence-electron chi connectivity index (χ4n) is 2.56. The Kier molecular flexibility index (Phi) is 6.37. The number of benzene rings is 2. The number of rotatable bonds is 6. The Hall–Kier alpha value is -1.67. The van der Waals surface area contributed by atoms with Crippen LogP contribution in [0.25, 0.3) is 10.2 Å². The first-order valence-corrected chi connectivity index (χ1v) is 10.7. The number of anilines is 1. The minimum atomic E-state index is -0.631. The van der Waals surface area contributed by atoms with Crippen LogP contribution in [0.2, 0.25) is 5.02 Å². The molecular weight excluding hydrogens is 405 g/mol. The molecule has 4 nitrogen and oxygen atoms in total. The highest BCUT2D eigenvalue weighted by Crippen LogP contribution is 2.33. The molecule has 0 saturated heterocycles. The van der Waals surface area contributed by atoms with Crippen molar-refractivity contribution in [3.8, 4) is 0 Å². The van der Waals surface area contributed by atoms with Crippen molar-refractivity contribution in [2.45, 2.75) is 4.90 Å². The molecule has 142 valence electrons. The number of carbonyl (C=O) groups is 1. The average molecular weight is 424 g/mol. The van der Waals surface area contributed by atoms with E-state index in [1.807, 2.05) is 43.5 Å². The monoisotopic (exact) mass is 423 g/mol. The maximum atomic E-state index is 14.3. The average Bonchev–Trinajstić information content (AvgIpc) is 3.04. The van der Waals surface area contributed by atoms with Crippen LogP contribution in [0.1, 0.15) is 10.4 Å². The minimum Gasteiger partial charge on any atom is -0.308 e. The Balaban J connectivity index is 2.04. The molecule has 0 spiro atoms. The van der Waals surface area contributed by atoms with Crippen LogP contribution in [0.4, 0.5) is 9.52 Å². The number of aromatic nitrogens is 1. The van der Waals surface area contributed by atoms with E-state index in [0.29, 0.717) is 18.2 Å². The molecule has 1 aromatic heterocycles. The van der Waals surface area contributed by atoms with Crippen LogP contribution in [-0.4, -0.2) is 49.2 Å². The molecule has 1 heterocycles. The summed E-state index contributed by atoms with van der Waals surface area (Å²) in [4.78, 5) is 22.3. The molecule has 0 fully saturated rings. The van der Waals surface area contributed by atoms with Gasteiger partial charge in [0.05, 0.1) is 20.8 Å². The van der Waals surface area contributed by atoms with Crippen molar-refractivity contribution >= 4 is 56.0 Å². The molecule has 0 radical (unpaired) electrons. The van der Waals surface area contributed by atoms with Crippen molar-refractivity contribution in [3.05, 3.63) is 52.8 Å². The van der Waals surface area contributed by atoms with Gasteiger partial charge in [-0.25, -0.2) is 9.37 Å². The lowest BCUT2D eigenvalue weighted by Crippen LogP contribution is -2.37. The topological polar surface area (TPSA) is 36.4 Å². The van der Waals surface area contributed by atoms with E-state index in [9.17, 15) is 9.18 Å². The lowest BCUT2D eigenvalue weighted by atomic mass is 10.2. The van der Waals surface area contributed by atoms with Crippen molar-refractivity contribution in [1.82, 2.24) is 9.88 Å². The molecule has 0 aliphatic heterocycles. The summed E-state index contributed by atoms with van der Waals surface area (Å²) in [6.45, 7) is 0.996.